The summed E-state index contributed by atoms with van der Waals surface area (Å²) in [6.07, 6.45) is 2.73. The van der Waals surface area contributed by atoms with Gasteiger partial charge in [0.05, 0.1) is 17.9 Å². The minimum absolute atomic E-state index is 0.0708. The molecule has 1 aliphatic heterocycles. The Hall–Kier alpha value is -3.91. The molecule has 0 fully saturated rings. The molecule has 1 N–H and O–H groups in total. The summed E-state index contributed by atoms with van der Waals surface area (Å²) in [6, 6.07) is 12.7. The number of nitrogens with one attached hydrogen (secondary N) is 1. The fraction of sp³-hybridized carbons (Fsp3) is 0.200. The Morgan fingerprint density at radius 2 is 1.97 bits per heavy atom. The maximum atomic E-state index is 12.4. The normalized spacial score (nSPS) is 12.7. The second-order valence-corrected chi connectivity index (χ2v) is 8.20. The quantitative estimate of drug-likeness (QED) is 0.312. The molecule has 0 spiro atoms. The van der Waals surface area contributed by atoms with Crippen molar-refractivity contribution in [3.05, 3.63) is 81.6 Å². The first-order valence-corrected chi connectivity index (χ1v) is 10.9. The van der Waals surface area contributed by atoms with Gasteiger partial charge < -0.3 is 14.8 Å². The van der Waals surface area contributed by atoms with Crippen LogP contribution in [0, 0.1) is 13.8 Å². The summed E-state index contributed by atoms with van der Waals surface area (Å²) in [5.74, 6) is -0.926. The number of amides is 1. The molecule has 4 rings (SSSR count). The molecule has 1 aliphatic rings. The number of carbonyl (C=O) groups is 3. The number of rotatable bonds is 7. The van der Waals surface area contributed by atoms with Gasteiger partial charge >= 0.3 is 5.97 Å². The maximum absolute atomic E-state index is 12.4. The third-order valence-corrected chi connectivity index (χ3v) is 5.63. The van der Waals surface area contributed by atoms with Crippen molar-refractivity contribution in [1.29, 1.82) is 0 Å². The molecule has 1 aromatic heterocycles. The van der Waals surface area contributed by atoms with Gasteiger partial charge in [-0.3, -0.25) is 9.59 Å². The highest BCUT2D eigenvalue weighted by Crippen LogP contribution is 2.28. The largest absolute Gasteiger partial charge is 0.482 e. The molecule has 0 aliphatic carbocycles. The van der Waals surface area contributed by atoms with E-state index in [-0.39, 0.29) is 18.1 Å². The minimum Gasteiger partial charge on any atom is -0.482 e. The Morgan fingerprint density at radius 1 is 1.21 bits per heavy atom. The van der Waals surface area contributed by atoms with Gasteiger partial charge in [0.25, 0.3) is 5.91 Å². The van der Waals surface area contributed by atoms with Crippen molar-refractivity contribution in [2.24, 2.45) is 0 Å². The number of ketones is 1. The number of halogens is 1. The van der Waals surface area contributed by atoms with Gasteiger partial charge in [-0.2, -0.15) is 5.10 Å². The number of hydrogen-bond acceptors (Lipinski definition) is 6. The average Bonchev–Trinajstić information content (AvgIpc) is 3.09. The lowest BCUT2D eigenvalue weighted by molar-refractivity contribution is -0.136. The number of benzene rings is 2. The van der Waals surface area contributed by atoms with Crippen LogP contribution >= 0.6 is 11.6 Å². The van der Waals surface area contributed by atoms with E-state index in [1.165, 1.54) is 23.8 Å². The molecule has 0 radical (unpaired) electrons. The Labute approximate surface area is 201 Å². The van der Waals surface area contributed by atoms with Gasteiger partial charge in [0, 0.05) is 17.2 Å². The highest BCUT2D eigenvalue weighted by atomic mass is 35.5. The number of esters is 1. The third kappa shape index (κ3) is 5.35. The molecule has 174 valence electrons. The summed E-state index contributed by atoms with van der Waals surface area (Å²) in [5.41, 5.74) is 4.17. The number of nitrogens with zero attached hydrogens (tertiary/aromatic N) is 2. The molecule has 0 saturated heterocycles. The number of Topliss-reactive ketones (excluding diaryl/α,β-unsaturated/α-hetero) is 1. The van der Waals surface area contributed by atoms with Gasteiger partial charge in [0.1, 0.15) is 10.9 Å². The lowest BCUT2D eigenvalue weighted by Gasteiger charge is -2.18. The lowest BCUT2D eigenvalue weighted by Crippen LogP contribution is -2.25. The Kier molecular flexibility index (Phi) is 6.79. The molecule has 9 heteroatoms. The van der Waals surface area contributed by atoms with Crippen LogP contribution in [0.25, 0.3) is 6.08 Å². The predicted molar refractivity (Wildman–Crippen MR) is 127 cm³/mol. The van der Waals surface area contributed by atoms with Gasteiger partial charge in [-0.05, 0) is 43.7 Å². The first kappa shape index (κ1) is 23.3. The van der Waals surface area contributed by atoms with Crippen molar-refractivity contribution in [2.45, 2.75) is 20.4 Å². The standard InChI is InChI=1S/C25H22ClN3O5/c1-15-3-5-17(6-4-15)12-29-25(26)19(16(2)28-29)8-10-24(32)34-13-21(30)18-7-9-22-20(11-18)27-23(31)14-33-22/h3-11H,12-14H2,1-2H3,(H,27,31)/b10-8+. The van der Waals surface area contributed by atoms with Crippen LogP contribution in [0.2, 0.25) is 5.15 Å². The molecule has 3 aromatic rings. The van der Waals surface area contributed by atoms with Gasteiger partial charge in [0.15, 0.2) is 19.0 Å². The molecule has 0 atom stereocenters. The van der Waals surface area contributed by atoms with Crippen LogP contribution < -0.4 is 10.1 Å². The van der Waals surface area contributed by atoms with E-state index in [0.29, 0.717) is 34.4 Å². The smallest absolute Gasteiger partial charge is 0.331 e. The number of ether oxygens (including phenoxy) is 2. The van der Waals surface area contributed by atoms with Crippen LogP contribution in [0.15, 0.2) is 48.5 Å². The van der Waals surface area contributed by atoms with E-state index in [2.05, 4.69) is 10.4 Å². The van der Waals surface area contributed by atoms with Crippen LogP contribution in [-0.4, -0.2) is 40.7 Å². The van der Waals surface area contributed by atoms with Crippen LogP contribution in [0.1, 0.15) is 32.7 Å². The Bertz CT molecular complexity index is 1290. The zero-order chi connectivity index (χ0) is 24.2. The number of anilines is 1. The molecule has 1 amide bonds. The van der Waals surface area contributed by atoms with Crippen molar-refractivity contribution >= 4 is 41.0 Å². The molecule has 0 saturated carbocycles. The van der Waals surface area contributed by atoms with Crippen LogP contribution in [0.3, 0.4) is 0 Å². The zero-order valence-corrected chi connectivity index (χ0v) is 19.4. The van der Waals surface area contributed by atoms with E-state index in [1.807, 2.05) is 31.2 Å². The van der Waals surface area contributed by atoms with E-state index in [0.717, 1.165) is 5.56 Å². The fourth-order valence-electron chi connectivity index (χ4n) is 3.40. The third-order valence-electron chi connectivity index (χ3n) is 5.23. The molecular formula is C25H22ClN3O5. The summed E-state index contributed by atoms with van der Waals surface area (Å²) < 4.78 is 12.0. The highest BCUT2D eigenvalue weighted by Gasteiger charge is 2.18. The first-order valence-electron chi connectivity index (χ1n) is 10.5. The number of hydrogen-bond donors (Lipinski definition) is 1. The van der Waals surface area contributed by atoms with Gasteiger partial charge in [0.2, 0.25) is 0 Å². The molecular weight excluding hydrogens is 458 g/mol. The van der Waals surface area contributed by atoms with E-state index in [9.17, 15) is 14.4 Å². The molecule has 0 unspecified atom stereocenters. The maximum Gasteiger partial charge on any atom is 0.331 e. The van der Waals surface area contributed by atoms with Gasteiger partial charge in [-0.15, -0.1) is 0 Å². The predicted octanol–water partition coefficient (Wildman–Crippen LogP) is 3.97. The first-order chi connectivity index (χ1) is 16.3. The second-order valence-electron chi connectivity index (χ2n) is 7.85. The van der Waals surface area contributed by atoms with Crippen molar-refractivity contribution in [1.82, 2.24) is 9.78 Å². The highest BCUT2D eigenvalue weighted by molar-refractivity contribution is 6.31. The molecule has 34 heavy (non-hydrogen) atoms. The lowest BCUT2D eigenvalue weighted by atomic mass is 10.1. The van der Waals surface area contributed by atoms with Gasteiger partial charge in [-0.1, -0.05) is 41.4 Å². The minimum atomic E-state index is -0.690. The summed E-state index contributed by atoms with van der Waals surface area (Å²) in [6.45, 7) is 3.80. The van der Waals surface area contributed by atoms with Crippen LogP contribution in [-0.2, 0) is 20.9 Å². The van der Waals surface area contributed by atoms with Crippen molar-refractivity contribution in [2.75, 3.05) is 18.5 Å². The van der Waals surface area contributed by atoms with Crippen molar-refractivity contribution in [3.63, 3.8) is 0 Å². The van der Waals surface area contributed by atoms with Gasteiger partial charge in [-0.25, -0.2) is 9.48 Å². The summed E-state index contributed by atoms with van der Waals surface area (Å²) in [5, 5.41) is 7.48. The molecule has 8 nitrogen and oxygen atoms in total. The SMILES string of the molecule is Cc1ccc(Cn2nc(C)c(/C=C/C(=O)OCC(=O)c3ccc4c(c3)NC(=O)CO4)c2Cl)cc1. The fourth-order valence-corrected chi connectivity index (χ4v) is 3.70. The molecule has 2 aromatic carbocycles. The summed E-state index contributed by atoms with van der Waals surface area (Å²) >= 11 is 6.47. The Balaban J connectivity index is 1.36. The topological polar surface area (TPSA) is 99.5 Å². The molecule has 2 heterocycles. The van der Waals surface area contributed by atoms with E-state index in [1.54, 1.807) is 23.7 Å². The second kappa shape index (κ2) is 9.93. The summed E-state index contributed by atoms with van der Waals surface area (Å²) in [4.78, 5) is 36.0. The zero-order valence-electron chi connectivity index (χ0n) is 18.6. The summed E-state index contributed by atoms with van der Waals surface area (Å²) in [7, 11) is 0. The van der Waals surface area contributed by atoms with Crippen LogP contribution in [0.5, 0.6) is 5.75 Å². The number of aryl methyl sites for hydroxylation is 2. The molecule has 0 bridgehead atoms. The monoisotopic (exact) mass is 479 g/mol. The number of fused-ring (bicyclic) bond motifs is 1. The van der Waals surface area contributed by atoms with Crippen molar-refractivity contribution < 1.29 is 23.9 Å². The van der Waals surface area contributed by atoms with E-state index >= 15 is 0 Å². The number of carbonyl (C=O) groups excluding carboxylic acids is 3. The van der Waals surface area contributed by atoms with Crippen LogP contribution in [0.4, 0.5) is 5.69 Å². The van der Waals surface area contributed by atoms with Crippen molar-refractivity contribution in [3.8, 4) is 5.75 Å². The van der Waals surface area contributed by atoms with E-state index in [4.69, 9.17) is 21.1 Å². The average molecular weight is 480 g/mol. The number of aromatic nitrogens is 2. The van der Waals surface area contributed by atoms with E-state index < -0.39 is 18.4 Å². The Morgan fingerprint density at radius 3 is 2.74 bits per heavy atom.